The molecular formula is C5H6F4. The Morgan fingerprint density at radius 3 is 1.44 bits per heavy atom. The van der Waals surface area contributed by atoms with Crippen molar-refractivity contribution in [3.05, 3.63) is 11.6 Å². The molecular weight excluding hydrogens is 136 g/mol. The van der Waals surface area contributed by atoms with E-state index in [4.69, 9.17) is 0 Å². The highest BCUT2D eigenvalue weighted by Gasteiger charge is 2.19. The zero-order chi connectivity index (χ0) is 7.44. The molecule has 0 rings (SSSR count). The van der Waals surface area contributed by atoms with E-state index < -0.39 is 18.4 Å². The highest BCUT2D eigenvalue weighted by molar-refractivity contribution is 5.05. The second kappa shape index (κ2) is 3.48. The average Bonchev–Trinajstić information content (AvgIpc) is 1.64. The molecule has 0 radical (unpaired) electrons. The first kappa shape index (κ1) is 8.46. The van der Waals surface area contributed by atoms with E-state index in [1.165, 1.54) is 0 Å². The van der Waals surface area contributed by atoms with Crippen LogP contribution in [0.15, 0.2) is 11.6 Å². The third-order valence-corrected chi connectivity index (χ3v) is 0.837. The highest BCUT2D eigenvalue weighted by atomic mass is 19.3. The zero-order valence-electron chi connectivity index (χ0n) is 4.74. The maximum absolute atomic E-state index is 11.4. The molecule has 0 bridgehead atoms. The van der Waals surface area contributed by atoms with E-state index in [2.05, 4.69) is 0 Å². The maximum atomic E-state index is 11.4. The summed E-state index contributed by atoms with van der Waals surface area (Å²) >= 11 is 0. The second-order valence-corrected chi connectivity index (χ2v) is 1.39. The molecule has 0 aromatic heterocycles. The normalized spacial score (nSPS) is 10.6. The molecule has 0 fully saturated rings. The van der Waals surface area contributed by atoms with Gasteiger partial charge in [0, 0.05) is 0 Å². The Kier molecular flexibility index (Phi) is 3.27. The van der Waals surface area contributed by atoms with Gasteiger partial charge in [-0.3, -0.25) is 0 Å². The van der Waals surface area contributed by atoms with E-state index in [9.17, 15) is 17.6 Å². The fraction of sp³-hybridized carbons (Fsp3) is 0.600. The lowest BCUT2D eigenvalue weighted by atomic mass is 10.3. The molecule has 0 spiro atoms. The predicted molar refractivity (Wildman–Crippen MR) is 25.8 cm³/mol. The molecule has 0 aliphatic carbocycles. The van der Waals surface area contributed by atoms with Crippen LogP contribution in [-0.4, -0.2) is 12.9 Å². The summed E-state index contributed by atoms with van der Waals surface area (Å²) in [6.07, 6.45) is -5.33. The standard InChI is InChI=1S/C5H6F4/c1-2-3(4(6)7)5(8)9/h2,4-5H,1H3. The Hall–Kier alpha value is -0.540. The third kappa shape index (κ3) is 2.49. The molecule has 0 aromatic carbocycles. The van der Waals surface area contributed by atoms with Gasteiger partial charge in [0.25, 0.3) is 12.9 Å². The first-order valence-corrected chi connectivity index (χ1v) is 2.32. The smallest absolute Gasteiger partial charge is 0.205 e. The second-order valence-electron chi connectivity index (χ2n) is 1.39. The van der Waals surface area contributed by atoms with E-state index in [0.717, 1.165) is 13.0 Å². The fourth-order valence-corrected chi connectivity index (χ4v) is 0.347. The van der Waals surface area contributed by atoms with Crippen LogP contribution in [-0.2, 0) is 0 Å². The molecule has 0 atom stereocenters. The van der Waals surface area contributed by atoms with Crippen molar-refractivity contribution in [2.75, 3.05) is 0 Å². The number of hydrogen-bond acceptors (Lipinski definition) is 0. The number of allylic oxidation sites excluding steroid dienone is 2. The summed E-state index contributed by atoms with van der Waals surface area (Å²) in [7, 11) is 0. The minimum Gasteiger partial charge on any atom is -0.205 e. The fourth-order valence-electron chi connectivity index (χ4n) is 0.347. The van der Waals surface area contributed by atoms with E-state index in [1.807, 2.05) is 0 Å². The van der Waals surface area contributed by atoms with Gasteiger partial charge >= 0.3 is 0 Å². The molecule has 0 nitrogen and oxygen atoms in total. The van der Waals surface area contributed by atoms with Crippen molar-refractivity contribution in [1.82, 2.24) is 0 Å². The van der Waals surface area contributed by atoms with Gasteiger partial charge in [-0.15, -0.1) is 0 Å². The Morgan fingerprint density at radius 2 is 1.44 bits per heavy atom. The number of halogens is 4. The molecule has 0 heterocycles. The molecule has 0 aromatic rings. The largest absolute Gasteiger partial charge is 0.265 e. The van der Waals surface area contributed by atoms with Gasteiger partial charge in [0.15, 0.2) is 0 Å². The van der Waals surface area contributed by atoms with Crippen molar-refractivity contribution in [2.24, 2.45) is 0 Å². The Balaban J connectivity index is 4.01. The zero-order valence-corrected chi connectivity index (χ0v) is 4.74. The van der Waals surface area contributed by atoms with Crippen molar-refractivity contribution in [3.8, 4) is 0 Å². The topological polar surface area (TPSA) is 0 Å². The third-order valence-electron chi connectivity index (χ3n) is 0.837. The molecule has 0 aliphatic heterocycles. The lowest BCUT2D eigenvalue weighted by Crippen LogP contribution is -2.05. The van der Waals surface area contributed by atoms with Crippen LogP contribution in [0.5, 0.6) is 0 Å². The van der Waals surface area contributed by atoms with Crippen molar-refractivity contribution in [1.29, 1.82) is 0 Å². The number of hydrogen-bond donors (Lipinski definition) is 0. The van der Waals surface area contributed by atoms with Crippen molar-refractivity contribution >= 4 is 0 Å². The van der Waals surface area contributed by atoms with Gasteiger partial charge in [-0.2, -0.15) is 0 Å². The minimum absolute atomic E-state index is 0.731. The van der Waals surface area contributed by atoms with E-state index >= 15 is 0 Å². The quantitative estimate of drug-likeness (QED) is 0.410. The van der Waals surface area contributed by atoms with Crippen LogP contribution < -0.4 is 0 Å². The Morgan fingerprint density at radius 1 is 1.11 bits per heavy atom. The van der Waals surface area contributed by atoms with Crippen molar-refractivity contribution in [2.45, 2.75) is 19.8 Å². The van der Waals surface area contributed by atoms with Gasteiger partial charge in [-0.1, -0.05) is 6.08 Å². The molecule has 0 saturated heterocycles. The molecule has 0 saturated carbocycles. The summed E-state index contributed by atoms with van der Waals surface area (Å²) < 4.78 is 45.6. The summed E-state index contributed by atoms with van der Waals surface area (Å²) in [5, 5.41) is 0. The summed E-state index contributed by atoms with van der Waals surface area (Å²) in [6.45, 7) is 1.16. The van der Waals surface area contributed by atoms with Gasteiger partial charge in [0.1, 0.15) is 0 Å². The van der Waals surface area contributed by atoms with Crippen molar-refractivity contribution < 1.29 is 17.6 Å². The molecule has 4 heteroatoms. The summed E-state index contributed by atoms with van der Waals surface area (Å²) in [4.78, 5) is 0. The van der Waals surface area contributed by atoms with Crippen LogP contribution in [0.1, 0.15) is 6.92 Å². The van der Waals surface area contributed by atoms with Crippen LogP contribution in [0.4, 0.5) is 17.6 Å². The summed E-state index contributed by atoms with van der Waals surface area (Å²) in [6, 6.07) is 0. The van der Waals surface area contributed by atoms with Crippen LogP contribution >= 0.6 is 0 Å². The Bertz CT molecular complexity index is 95.5. The number of rotatable bonds is 2. The molecule has 0 N–H and O–H groups in total. The number of alkyl halides is 4. The molecule has 0 aliphatic rings. The lowest BCUT2D eigenvalue weighted by Gasteiger charge is -2.01. The molecule has 54 valence electrons. The average molecular weight is 142 g/mol. The van der Waals surface area contributed by atoms with Gasteiger partial charge in [-0.05, 0) is 6.92 Å². The van der Waals surface area contributed by atoms with E-state index in [0.29, 0.717) is 0 Å². The monoisotopic (exact) mass is 142 g/mol. The molecule has 0 unspecified atom stereocenters. The summed E-state index contributed by atoms with van der Waals surface area (Å²) in [5.41, 5.74) is -1.10. The van der Waals surface area contributed by atoms with Gasteiger partial charge in [0.05, 0.1) is 5.57 Å². The van der Waals surface area contributed by atoms with Crippen LogP contribution in [0.2, 0.25) is 0 Å². The lowest BCUT2D eigenvalue weighted by molar-refractivity contribution is 0.111. The van der Waals surface area contributed by atoms with Gasteiger partial charge < -0.3 is 0 Å². The maximum Gasteiger partial charge on any atom is 0.265 e. The van der Waals surface area contributed by atoms with Crippen LogP contribution in [0, 0.1) is 0 Å². The van der Waals surface area contributed by atoms with Gasteiger partial charge in [0.2, 0.25) is 0 Å². The van der Waals surface area contributed by atoms with E-state index in [-0.39, 0.29) is 0 Å². The highest BCUT2D eigenvalue weighted by Crippen LogP contribution is 2.16. The predicted octanol–water partition coefficient (Wildman–Crippen LogP) is 2.46. The van der Waals surface area contributed by atoms with Gasteiger partial charge in [-0.25, -0.2) is 17.6 Å². The summed E-state index contributed by atoms with van der Waals surface area (Å²) in [5.74, 6) is 0. The van der Waals surface area contributed by atoms with Crippen LogP contribution in [0.25, 0.3) is 0 Å². The minimum atomic E-state index is -3.03. The Labute approximate surface area is 50.2 Å². The first-order chi connectivity index (χ1) is 4.09. The molecule has 0 amide bonds. The SMILES string of the molecule is CC=C(C(F)F)C(F)F. The van der Waals surface area contributed by atoms with Crippen LogP contribution in [0.3, 0.4) is 0 Å². The molecule has 9 heavy (non-hydrogen) atoms. The van der Waals surface area contributed by atoms with E-state index in [1.54, 1.807) is 0 Å². The first-order valence-electron chi connectivity index (χ1n) is 2.32. The van der Waals surface area contributed by atoms with Crippen molar-refractivity contribution in [3.63, 3.8) is 0 Å².